The number of rotatable bonds is 5. The summed E-state index contributed by atoms with van der Waals surface area (Å²) in [6.07, 6.45) is -3.73. The topological polar surface area (TPSA) is 52.1 Å². The molecule has 0 saturated carbocycles. The first-order chi connectivity index (χ1) is 11.4. The number of ether oxygens (including phenoxy) is 1. The van der Waals surface area contributed by atoms with Gasteiger partial charge in [-0.2, -0.15) is 13.2 Å². The third-order valence-corrected chi connectivity index (χ3v) is 5.64. The Bertz CT molecular complexity index is 866. The van der Waals surface area contributed by atoms with Gasteiger partial charge in [-0.3, -0.25) is 4.21 Å². The van der Waals surface area contributed by atoms with Crippen molar-refractivity contribution in [2.45, 2.75) is 10.5 Å². The maximum Gasteiger partial charge on any atom is 0.417 e. The van der Waals surface area contributed by atoms with Crippen LogP contribution in [0.25, 0.3) is 10.3 Å². The molecule has 4 nitrogen and oxygen atoms in total. The molecule has 0 saturated heterocycles. The van der Waals surface area contributed by atoms with Crippen LogP contribution in [0.2, 0.25) is 0 Å². The molecule has 0 amide bonds. The molecule has 0 spiro atoms. The van der Waals surface area contributed by atoms with E-state index in [-0.39, 0.29) is 27.0 Å². The van der Waals surface area contributed by atoms with Crippen molar-refractivity contribution >= 4 is 32.5 Å². The average Bonchev–Trinajstić information content (AvgIpc) is 2.98. The summed E-state index contributed by atoms with van der Waals surface area (Å²) in [5.74, 6) is 0.858. The van der Waals surface area contributed by atoms with Crippen molar-refractivity contribution in [1.82, 2.24) is 9.97 Å². The molecule has 3 rings (SSSR count). The Kier molecular flexibility index (Phi) is 4.81. The molecule has 0 radical (unpaired) electrons. The van der Waals surface area contributed by atoms with Crippen molar-refractivity contribution in [2.75, 3.05) is 12.4 Å². The summed E-state index contributed by atoms with van der Waals surface area (Å²) < 4.78 is 56.2. The first kappa shape index (κ1) is 16.8. The Labute approximate surface area is 141 Å². The van der Waals surface area contributed by atoms with E-state index in [2.05, 4.69) is 9.97 Å². The minimum Gasteiger partial charge on any atom is -0.493 e. The number of benzene rings is 1. The molecule has 3 aromatic rings. The standard InChI is InChI=1S/C15H11F3N2O2S2/c16-15(17,18)10-8-12-13(19-9-10)20-14(23-12)24(21)7-6-22-11-4-2-1-3-5-11/h1-5,8-9H,6-7H2/t24-/m0/s1. The number of alkyl halides is 3. The van der Waals surface area contributed by atoms with Crippen LogP contribution in [0.15, 0.2) is 46.9 Å². The van der Waals surface area contributed by atoms with Gasteiger partial charge in [-0.1, -0.05) is 18.2 Å². The van der Waals surface area contributed by atoms with E-state index in [1.54, 1.807) is 12.1 Å². The van der Waals surface area contributed by atoms with Gasteiger partial charge in [-0.15, -0.1) is 11.3 Å². The van der Waals surface area contributed by atoms with Gasteiger partial charge in [-0.05, 0) is 18.2 Å². The number of pyridine rings is 1. The number of para-hydroxylation sites is 1. The molecule has 2 aromatic heterocycles. The van der Waals surface area contributed by atoms with Crippen LogP contribution in [-0.2, 0) is 17.0 Å². The van der Waals surface area contributed by atoms with Gasteiger partial charge in [0.05, 0.1) is 26.8 Å². The second-order valence-corrected chi connectivity index (χ2v) is 7.51. The number of hydrogen-bond acceptors (Lipinski definition) is 5. The summed E-state index contributed by atoms with van der Waals surface area (Å²) in [6, 6.07) is 10.0. The van der Waals surface area contributed by atoms with Crippen molar-refractivity contribution in [1.29, 1.82) is 0 Å². The molecule has 0 bridgehead atoms. The highest BCUT2D eigenvalue weighted by atomic mass is 32.2. The van der Waals surface area contributed by atoms with Gasteiger partial charge in [0.15, 0.2) is 9.99 Å². The Morgan fingerprint density at radius 1 is 1.21 bits per heavy atom. The predicted molar refractivity (Wildman–Crippen MR) is 85.6 cm³/mol. The molecule has 2 heterocycles. The fraction of sp³-hybridized carbons (Fsp3) is 0.200. The number of aromatic nitrogens is 2. The number of hydrogen-bond donors (Lipinski definition) is 0. The Balaban J connectivity index is 1.68. The molecule has 1 atom stereocenters. The van der Waals surface area contributed by atoms with E-state index in [0.29, 0.717) is 5.75 Å². The second kappa shape index (κ2) is 6.86. The predicted octanol–water partition coefficient (Wildman–Crippen LogP) is 3.90. The molecule has 0 aliphatic heterocycles. The third-order valence-electron chi connectivity index (χ3n) is 3.03. The van der Waals surface area contributed by atoms with Crippen LogP contribution < -0.4 is 4.74 Å². The van der Waals surface area contributed by atoms with E-state index in [1.807, 2.05) is 18.2 Å². The lowest BCUT2D eigenvalue weighted by molar-refractivity contribution is -0.137. The van der Waals surface area contributed by atoms with Crippen molar-refractivity contribution in [3.63, 3.8) is 0 Å². The smallest absolute Gasteiger partial charge is 0.417 e. The van der Waals surface area contributed by atoms with Crippen molar-refractivity contribution in [3.05, 3.63) is 48.2 Å². The molecule has 126 valence electrons. The van der Waals surface area contributed by atoms with E-state index in [0.717, 1.165) is 23.6 Å². The van der Waals surface area contributed by atoms with Crippen molar-refractivity contribution in [3.8, 4) is 5.75 Å². The molecular weight excluding hydrogens is 361 g/mol. The van der Waals surface area contributed by atoms with E-state index < -0.39 is 22.5 Å². The highest BCUT2D eigenvalue weighted by Crippen LogP contribution is 2.32. The Morgan fingerprint density at radius 3 is 2.67 bits per heavy atom. The molecule has 0 fully saturated rings. The van der Waals surface area contributed by atoms with Crippen LogP contribution in [-0.4, -0.2) is 26.5 Å². The van der Waals surface area contributed by atoms with Gasteiger partial charge in [0.25, 0.3) is 0 Å². The SMILES string of the molecule is O=[S@@](CCOc1ccccc1)c1nc2ncc(C(F)(F)F)cc2s1. The minimum absolute atomic E-state index is 0.167. The van der Waals surface area contributed by atoms with Gasteiger partial charge in [0, 0.05) is 6.20 Å². The van der Waals surface area contributed by atoms with Crippen LogP contribution in [0.3, 0.4) is 0 Å². The zero-order valence-corrected chi connectivity index (χ0v) is 13.7. The molecule has 0 N–H and O–H groups in total. The van der Waals surface area contributed by atoms with Crippen LogP contribution in [0.5, 0.6) is 5.75 Å². The van der Waals surface area contributed by atoms with Gasteiger partial charge >= 0.3 is 6.18 Å². The molecule has 24 heavy (non-hydrogen) atoms. The van der Waals surface area contributed by atoms with Crippen LogP contribution in [0.1, 0.15) is 5.56 Å². The molecule has 9 heteroatoms. The lowest BCUT2D eigenvalue weighted by atomic mass is 10.3. The maximum atomic E-state index is 12.7. The van der Waals surface area contributed by atoms with Crippen LogP contribution in [0, 0.1) is 0 Å². The van der Waals surface area contributed by atoms with E-state index >= 15 is 0 Å². The molecule has 0 aliphatic rings. The van der Waals surface area contributed by atoms with E-state index in [1.165, 1.54) is 0 Å². The highest BCUT2D eigenvalue weighted by molar-refractivity contribution is 7.87. The molecular formula is C15H11F3N2O2S2. The van der Waals surface area contributed by atoms with Gasteiger partial charge < -0.3 is 4.74 Å². The summed E-state index contributed by atoms with van der Waals surface area (Å²) in [6.45, 7) is 0.216. The lowest BCUT2D eigenvalue weighted by Gasteiger charge is -2.04. The zero-order valence-electron chi connectivity index (χ0n) is 12.1. The van der Waals surface area contributed by atoms with Gasteiger partial charge in [0.2, 0.25) is 0 Å². The summed E-state index contributed by atoms with van der Waals surface area (Å²) in [5.41, 5.74) is -0.677. The number of thiazole rings is 1. The number of nitrogens with zero attached hydrogens (tertiary/aromatic N) is 2. The third kappa shape index (κ3) is 3.90. The summed E-state index contributed by atoms with van der Waals surface area (Å²) in [4.78, 5) is 7.74. The van der Waals surface area contributed by atoms with Gasteiger partial charge in [0.1, 0.15) is 12.4 Å². The van der Waals surface area contributed by atoms with Crippen molar-refractivity contribution < 1.29 is 22.1 Å². The Morgan fingerprint density at radius 2 is 1.96 bits per heavy atom. The number of fused-ring (bicyclic) bond motifs is 1. The zero-order chi connectivity index (χ0) is 17.2. The summed E-state index contributed by atoms with van der Waals surface area (Å²) >= 11 is 0.953. The molecule has 0 aliphatic carbocycles. The van der Waals surface area contributed by atoms with Crippen molar-refractivity contribution in [2.24, 2.45) is 0 Å². The van der Waals surface area contributed by atoms with Crippen LogP contribution >= 0.6 is 11.3 Å². The fourth-order valence-electron chi connectivity index (χ4n) is 1.89. The summed E-state index contributed by atoms with van der Waals surface area (Å²) in [7, 11) is -1.46. The number of halogens is 3. The monoisotopic (exact) mass is 372 g/mol. The second-order valence-electron chi connectivity index (χ2n) is 4.73. The average molecular weight is 372 g/mol. The molecule has 1 aromatic carbocycles. The first-order valence-electron chi connectivity index (χ1n) is 6.83. The minimum atomic E-state index is -4.46. The van der Waals surface area contributed by atoms with E-state index in [9.17, 15) is 17.4 Å². The quantitative estimate of drug-likeness (QED) is 0.682. The maximum absolute atomic E-state index is 12.7. The highest BCUT2D eigenvalue weighted by Gasteiger charge is 2.31. The van der Waals surface area contributed by atoms with Crippen LogP contribution in [0.4, 0.5) is 13.2 Å². The fourth-order valence-corrected chi connectivity index (χ4v) is 4.08. The summed E-state index contributed by atoms with van der Waals surface area (Å²) in [5, 5.41) is 0. The van der Waals surface area contributed by atoms with Gasteiger partial charge in [-0.25, -0.2) is 9.97 Å². The normalized spacial score (nSPS) is 13.1. The Hall–Kier alpha value is -2.00. The van der Waals surface area contributed by atoms with E-state index in [4.69, 9.17) is 4.74 Å². The first-order valence-corrected chi connectivity index (χ1v) is 8.97. The molecule has 0 unspecified atom stereocenters. The lowest BCUT2D eigenvalue weighted by Crippen LogP contribution is -2.08. The largest absolute Gasteiger partial charge is 0.493 e.